The van der Waals surface area contributed by atoms with Crippen LogP contribution in [0.4, 0.5) is 0 Å². The van der Waals surface area contributed by atoms with Crippen molar-refractivity contribution in [1.29, 1.82) is 0 Å². The van der Waals surface area contributed by atoms with Gasteiger partial charge in [0.05, 0.1) is 17.5 Å². The van der Waals surface area contributed by atoms with Crippen LogP contribution in [0.15, 0.2) is 0 Å². The molecule has 4 aliphatic carbocycles. The van der Waals surface area contributed by atoms with Gasteiger partial charge in [0, 0.05) is 13.0 Å². The Morgan fingerprint density at radius 3 is 2.56 bits per heavy atom. The van der Waals surface area contributed by atoms with E-state index in [9.17, 15) is 9.90 Å². The number of halogens is 1. The molecule has 0 aromatic carbocycles. The molecule has 4 heteroatoms. The molecule has 154 valence electrons. The molecule has 0 spiro atoms. The normalized spacial score (nSPS) is 52.0. The molecule has 1 N–H and O–H groups in total. The number of ketones is 1. The number of ether oxygens (including phenoxy) is 1. The molecule has 0 radical (unpaired) electrons. The predicted octanol–water partition coefficient (Wildman–Crippen LogP) is 4.99. The molecule has 4 fully saturated rings. The molecule has 3 nitrogen and oxygen atoms in total. The van der Waals surface area contributed by atoms with E-state index < -0.39 is 5.60 Å². The second kappa shape index (κ2) is 7.09. The third kappa shape index (κ3) is 3.08. The molecule has 4 saturated carbocycles. The monoisotopic (exact) mass is 440 g/mol. The molecule has 0 amide bonds. The van der Waals surface area contributed by atoms with E-state index in [2.05, 4.69) is 22.9 Å². The van der Waals surface area contributed by atoms with Gasteiger partial charge in [-0.15, -0.1) is 0 Å². The Bertz CT molecular complexity index is 590. The molecule has 8 atom stereocenters. The van der Waals surface area contributed by atoms with Crippen molar-refractivity contribution in [2.24, 2.45) is 40.4 Å². The lowest BCUT2D eigenvalue weighted by Gasteiger charge is -2.62. The van der Waals surface area contributed by atoms with Crippen LogP contribution in [0.3, 0.4) is 0 Å². The summed E-state index contributed by atoms with van der Waals surface area (Å²) in [6.45, 7) is 5.30. The van der Waals surface area contributed by atoms with Crippen molar-refractivity contribution in [3.8, 4) is 0 Å². The average Bonchev–Trinajstić information content (AvgIpc) is 2.98. The second-order valence-corrected chi connectivity index (χ2v) is 11.4. The zero-order chi connectivity index (χ0) is 19.4. The van der Waals surface area contributed by atoms with Crippen LogP contribution >= 0.6 is 15.9 Å². The third-order valence-electron chi connectivity index (χ3n) is 9.59. The summed E-state index contributed by atoms with van der Waals surface area (Å²) in [5.41, 5.74) is -0.0509. The number of hydrogen-bond donors (Lipinski definition) is 1. The molecule has 0 aromatic rings. The topological polar surface area (TPSA) is 46.5 Å². The van der Waals surface area contributed by atoms with Gasteiger partial charge in [0.15, 0.2) is 0 Å². The smallest absolute Gasteiger partial charge is 0.147 e. The summed E-state index contributed by atoms with van der Waals surface area (Å²) in [6.07, 6.45) is 10.2. The van der Waals surface area contributed by atoms with E-state index in [1.54, 1.807) is 0 Å². The molecule has 0 saturated heterocycles. The van der Waals surface area contributed by atoms with Crippen molar-refractivity contribution >= 4 is 21.7 Å². The zero-order valence-corrected chi connectivity index (χ0v) is 18.9. The molecule has 4 aliphatic rings. The minimum Gasteiger partial charge on any atom is -0.390 e. The maximum absolute atomic E-state index is 12.6. The summed E-state index contributed by atoms with van der Waals surface area (Å²) < 4.78 is 5.83. The van der Waals surface area contributed by atoms with Crippen LogP contribution in [0, 0.1) is 40.4 Å². The SMILES string of the molecule is COCC12CC[C@@](C)(O)C[C@@H]1CC[C@@H]1[C@@H]2CC[C@]2(C)[C@@H](C(=O)CBr)CC[C@@H]12. The predicted molar refractivity (Wildman–Crippen MR) is 111 cm³/mol. The molecule has 0 heterocycles. The van der Waals surface area contributed by atoms with E-state index in [0.29, 0.717) is 28.9 Å². The molecule has 0 aromatic heterocycles. The van der Waals surface area contributed by atoms with Gasteiger partial charge in [-0.3, -0.25) is 4.79 Å². The lowest BCUT2D eigenvalue weighted by molar-refractivity contribution is -0.175. The third-order valence-corrected chi connectivity index (χ3v) is 10.1. The van der Waals surface area contributed by atoms with E-state index in [4.69, 9.17) is 4.74 Å². The fourth-order valence-corrected chi connectivity index (χ4v) is 8.80. The first-order valence-corrected chi connectivity index (χ1v) is 12.2. The number of methoxy groups -OCH3 is 1. The van der Waals surface area contributed by atoms with E-state index in [-0.39, 0.29) is 16.7 Å². The Morgan fingerprint density at radius 1 is 1.07 bits per heavy atom. The number of Topliss-reactive ketones (excluding diaryl/α,β-unsaturated/α-hetero) is 1. The van der Waals surface area contributed by atoms with Crippen molar-refractivity contribution in [2.75, 3.05) is 19.0 Å². The van der Waals surface area contributed by atoms with Crippen LogP contribution < -0.4 is 0 Å². The number of carbonyl (C=O) groups is 1. The summed E-state index contributed by atoms with van der Waals surface area (Å²) in [5.74, 6) is 3.42. The van der Waals surface area contributed by atoms with Crippen molar-refractivity contribution in [1.82, 2.24) is 0 Å². The summed E-state index contributed by atoms with van der Waals surface area (Å²) in [5, 5.41) is 11.2. The van der Waals surface area contributed by atoms with Crippen LogP contribution in [-0.4, -0.2) is 35.5 Å². The summed E-state index contributed by atoms with van der Waals surface area (Å²) >= 11 is 3.43. The van der Waals surface area contributed by atoms with Gasteiger partial charge < -0.3 is 9.84 Å². The number of hydrogen-bond acceptors (Lipinski definition) is 3. The van der Waals surface area contributed by atoms with E-state index >= 15 is 0 Å². The highest BCUT2D eigenvalue weighted by Gasteiger charge is 2.62. The van der Waals surface area contributed by atoms with E-state index in [1.807, 2.05) is 14.0 Å². The van der Waals surface area contributed by atoms with E-state index in [1.165, 1.54) is 32.1 Å². The quantitative estimate of drug-likeness (QED) is 0.626. The number of rotatable bonds is 4. The second-order valence-electron chi connectivity index (χ2n) is 10.8. The van der Waals surface area contributed by atoms with Crippen molar-refractivity contribution in [3.63, 3.8) is 0 Å². The Labute approximate surface area is 173 Å². The van der Waals surface area contributed by atoms with Gasteiger partial charge in [-0.1, -0.05) is 22.9 Å². The first kappa shape index (κ1) is 20.3. The number of fused-ring (bicyclic) bond motifs is 5. The van der Waals surface area contributed by atoms with Gasteiger partial charge in [-0.2, -0.15) is 0 Å². The first-order valence-electron chi connectivity index (χ1n) is 11.1. The van der Waals surface area contributed by atoms with Gasteiger partial charge in [0.2, 0.25) is 0 Å². The first-order chi connectivity index (χ1) is 12.8. The molecule has 0 aliphatic heterocycles. The zero-order valence-electron chi connectivity index (χ0n) is 17.3. The number of alkyl halides is 1. The highest BCUT2D eigenvalue weighted by molar-refractivity contribution is 9.09. The van der Waals surface area contributed by atoms with Crippen molar-refractivity contribution in [2.45, 2.75) is 77.2 Å². The van der Waals surface area contributed by atoms with Gasteiger partial charge in [-0.25, -0.2) is 0 Å². The highest BCUT2D eigenvalue weighted by Crippen LogP contribution is 2.68. The summed E-state index contributed by atoms with van der Waals surface area (Å²) in [6, 6.07) is 0. The standard InChI is InChI=1S/C23H37BrO3/c1-21(26)10-11-23(14-27-3)15(12-21)4-5-16-17-6-7-19(20(25)13-24)22(17,2)9-8-18(16)23/h15-19,26H,4-14H2,1-3H3/t15-,16-,17-,18-,19+,21+,22-,23?/m0/s1. The van der Waals surface area contributed by atoms with Gasteiger partial charge in [0.1, 0.15) is 5.78 Å². The lowest BCUT2D eigenvalue weighted by atomic mass is 9.43. The Hall–Kier alpha value is 0.0700. The Morgan fingerprint density at radius 2 is 1.85 bits per heavy atom. The molecular weight excluding hydrogens is 404 g/mol. The Kier molecular flexibility index (Phi) is 5.34. The van der Waals surface area contributed by atoms with Crippen LogP contribution in [0.5, 0.6) is 0 Å². The fourth-order valence-electron chi connectivity index (χ4n) is 8.41. The van der Waals surface area contributed by atoms with Gasteiger partial charge in [-0.05, 0) is 99.2 Å². The highest BCUT2D eigenvalue weighted by atomic mass is 79.9. The maximum Gasteiger partial charge on any atom is 0.147 e. The average molecular weight is 441 g/mol. The van der Waals surface area contributed by atoms with Gasteiger partial charge >= 0.3 is 0 Å². The van der Waals surface area contributed by atoms with Crippen LogP contribution in [0.25, 0.3) is 0 Å². The minimum atomic E-state index is -0.501. The molecule has 1 unspecified atom stereocenters. The van der Waals surface area contributed by atoms with E-state index in [0.717, 1.165) is 38.2 Å². The van der Waals surface area contributed by atoms with Crippen molar-refractivity contribution < 1.29 is 14.6 Å². The molecular formula is C23H37BrO3. The summed E-state index contributed by atoms with van der Waals surface area (Å²) in [4.78, 5) is 12.6. The number of aliphatic hydroxyl groups is 1. The number of carbonyl (C=O) groups excluding carboxylic acids is 1. The van der Waals surface area contributed by atoms with Gasteiger partial charge in [0.25, 0.3) is 0 Å². The largest absolute Gasteiger partial charge is 0.390 e. The maximum atomic E-state index is 12.6. The lowest BCUT2D eigenvalue weighted by Crippen LogP contribution is -2.58. The molecule has 27 heavy (non-hydrogen) atoms. The fraction of sp³-hybridized carbons (Fsp3) is 0.957. The van der Waals surface area contributed by atoms with Crippen LogP contribution in [0.1, 0.15) is 71.6 Å². The van der Waals surface area contributed by atoms with Crippen LogP contribution in [0.2, 0.25) is 0 Å². The minimum absolute atomic E-state index is 0.202. The van der Waals surface area contributed by atoms with Crippen molar-refractivity contribution in [3.05, 3.63) is 0 Å². The molecule has 4 rings (SSSR count). The Balaban J connectivity index is 1.63. The molecule has 0 bridgehead atoms. The van der Waals surface area contributed by atoms with Crippen LogP contribution in [-0.2, 0) is 9.53 Å². The summed E-state index contributed by atoms with van der Waals surface area (Å²) in [7, 11) is 1.86.